The number of benzene rings is 2. The SMILES string of the molecule is Cc1ccc(SCc2ccccc2C(=O)O)cc1. The standard InChI is InChI=1S/C15H14O2S/c1-11-6-8-13(9-7-11)18-10-12-4-2-3-5-14(12)15(16)17/h2-9H,10H2,1H3,(H,16,17). The molecule has 0 fully saturated rings. The number of thioether (sulfide) groups is 1. The van der Waals surface area contributed by atoms with Crippen LogP contribution < -0.4 is 0 Å². The lowest BCUT2D eigenvalue weighted by Gasteiger charge is -2.06. The molecular weight excluding hydrogens is 244 g/mol. The molecule has 18 heavy (non-hydrogen) atoms. The molecule has 0 aliphatic carbocycles. The zero-order valence-corrected chi connectivity index (χ0v) is 10.9. The molecule has 0 unspecified atom stereocenters. The highest BCUT2D eigenvalue weighted by molar-refractivity contribution is 7.98. The van der Waals surface area contributed by atoms with Crippen molar-refractivity contribution in [3.8, 4) is 0 Å². The molecule has 0 saturated carbocycles. The molecule has 0 aliphatic heterocycles. The zero-order chi connectivity index (χ0) is 13.0. The van der Waals surface area contributed by atoms with E-state index in [1.807, 2.05) is 19.1 Å². The molecule has 2 aromatic carbocycles. The van der Waals surface area contributed by atoms with E-state index in [4.69, 9.17) is 5.11 Å². The molecule has 0 amide bonds. The highest BCUT2D eigenvalue weighted by Gasteiger charge is 2.08. The van der Waals surface area contributed by atoms with Crippen molar-refractivity contribution in [3.05, 3.63) is 65.2 Å². The van der Waals surface area contributed by atoms with Gasteiger partial charge in [0, 0.05) is 10.6 Å². The smallest absolute Gasteiger partial charge is 0.335 e. The third-order valence-electron chi connectivity index (χ3n) is 2.66. The second kappa shape index (κ2) is 5.74. The van der Waals surface area contributed by atoms with Crippen LogP contribution in [-0.4, -0.2) is 11.1 Å². The van der Waals surface area contributed by atoms with Gasteiger partial charge in [-0.3, -0.25) is 0 Å². The minimum Gasteiger partial charge on any atom is -0.478 e. The predicted octanol–water partition coefficient (Wildman–Crippen LogP) is 3.99. The van der Waals surface area contributed by atoms with E-state index in [9.17, 15) is 4.79 Å². The summed E-state index contributed by atoms with van der Waals surface area (Å²) in [5, 5.41) is 9.09. The molecule has 0 bridgehead atoms. The summed E-state index contributed by atoms with van der Waals surface area (Å²) in [5.74, 6) is -0.193. The fourth-order valence-electron chi connectivity index (χ4n) is 1.65. The number of aryl methyl sites for hydroxylation is 1. The third kappa shape index (κ3) is 3.14. The lowest BCUT2D eigenvalue weighted by atomic mass is 10.1. The van der Waals surface area contributed by atoms with Crippen LogP contribution >= 0.6 is 11.8 Å². The summed E-state index contributed by atoms with van der Waals surface area (Å²) in [6.45, 7) is 2.05. The molecular formula is C15H14O2S. The Morgan fingerprint density at radius 3 is 2.44 bits per heavy atom. The first-order chi connectivity index (χ1) is 8.66. The largest absolute Gasteiger partial charge is 0.478 e. The molecule has 0 spiro atoms. The summed E-state index contributed by atoms with van der Waals surface area (Å²) in [6, 6.07) is 15.4. The lowest BCUT2D eigenvalue weighted by molar-refractivity contribution is 0.0696. The summed E-state index contributed by atoms with van der Waals surface area (Å²) in [5.41, 5.74) is 2.47. The summed E-state index contributed by atoms with van der Waals surface area (Å²) in [7, 11) is 0. The fourth-order valence-corrected chi connectivity index (χ4v) is 2.55. The van der Waals surface area contributed by atoms with Crippen molar-refractivity contribution in [1.82, 2.24) is 0 Å². The van der Waals surface area contributed by atoms with Crippen molar-refractivity contribution in [2.75, 3.05) is 0 Å². The van der Waals surface area contributed by atoms with Gasteiger partial charge in [0.2, 0.25) is 0 Å². The maximum absolute atomic E-state index is 11.1. The Morgan fingerprint density at radius 1 is 1.11 bits per heavy atom. The van der Waals surface area contributed by atoms with Crippen LogP contribution in [0.1, 0.15) is 21.5 Å². The first kappa shape index (κ1) is 12.7. The van der Waals surface area contributed by atoms with Crippen LogP contribution in [0.5, 0.6) is 0 Å². The molecule has 0 radical (unpaired) electrons. The van der Waals surface area contributed by atoms with Gasteiger partial charge in [-0.2, -0.15) is 0 Å². The molecule has 2 aromatic rings. The van der Waals surface area contributed by atoms with Gasteiger partial charge in [-0.25, -0.2) is 4.79 Å². The van der Waals surface area contributed by atoms with E-state index >= 15 is 0 Å². The Bertz CT molecular complexity index is 547. The van der Waals surface area contributed by atoms with E-state index in [1.54, 1.807) is 23.9 Å². The van der Waals surface area contributed by atoms with Crippen molar-refractivity contribution in [2.24, 2.45) is 0 Å². The van der Waals surface area contributed by atoms with Gasteiger partial charge in [-0.1, -0.05) is 35.9 Å². The molecule has 1 N–H and O–H groups in total. The Kier molecular flexibility index (Phi) is 4.05. The molecule has 0 aromatic heterocycles. The zero-order valence-electron chi connectivity index (χ0n) is 10.1. The first-order valence-corrected chi connectivity index (χ1v) is 6.66. The van der Waals surface area contributed by atoms with Crippen LogP contribution in [0.25, 0.3) is 0 Å². The first-order valence-electron chi connectivity index (χ1n) is 5.67. The Labute approximate surface area is 111 Å². The molecule has 0 aliphatic rings. The number of hydrogen-bond donors (Lipinski definition) is 1. The van der Waals surface area contributed by atoms with Gasteiger partial charge in [0.25, 0.3) is 0 Å². The van der Waals surface area contributed by atoms with Gasteiger partial charge >= 0.3 is 5.97 Å². The van der Waals surface area contributed by atoms with Crippen molar-refractivity contribution >= 4 is 17.7 Å². The Balaban J connectivity index is 2.10. The van der Waals surface area contributed by atoms with E-state index in [0.29, 0.717) is 11.3 Å². The van der Waals surface area contributed by atoms with Crippen LogP contribution in [-0.2, 0) is 5.75 Å². The van der Waals surface area contributed by atoms with Crippen LogP contribution in [0.15, 0.2) is 53.4 Å². The molecule has 2 rings (SSSR count). The molecule has 0 heterocycles. The number of aromatic carboxylic acids is 1. The number of hydrogen-bond acceptors (Lipinski definition) is 2. The second-order valence-electron chi connectivity index (χ2n) is 4.06. The van der Waals surface area contributed by atoms with Crippen LogP contribution in [0.3, 0.4) is 0 Å². The highest BCUT2D eigenvalue weighted by Crippen LogP contribution is 2.24. The lowest BCUT2D eigenvalue weighted by Crippen LogP contribution is -2.00. The van der Waals surface area contributed by atoms with Crippen molar-refractivity contribution < 1.29 is 9.90 Å². The number of carbonyl (C=O) groups is 1. The van der Waals surface area contributed by atoms with Crippen LogP contribution in [0.4, 0.5) is 0 Å². The number of carboxylic acids is 1. The topological polar surface area (TPSA) is 37.3 Å². The normalized spacial score (nSPS) is 10.3. The second-order valence-corrected chi connectivity index (χ2v) is 5.11. The summed E-state index contributed by atoms with van der Waals surface area (Å²) in [6.07, 6.45) is 0. The van der Waals surface area contributed by atoms with Gasteiger partial charge < -0.3 is 5.11 Å². The van der Waals surface area contributed by atoms with Crippen LogP contribution in [0, 0.1) is 6.92 Å². The van der Waals surface area contributed by atoms with Crippen molar-refractivity contribution in [2.45, 2.75) is 17.6 Å². The predicted molar refractivity (Wildman–Crippen MR) is 74.1 cm³/mol. The van der Waals surface area contributed by atoms with Crippen LogP contribution in [0.2, 0.25) is 0 Å². The Morgan fingerprint density at radius 2 is 1.78 bits per heavy atom. The van der Waals surface area contributed by atoms with Gasteiger partial charge in [-0.05, 0) is 30.7 Å². The molecule has 0 atom stereocenters. The van der Waals surface area contributed by atoms with Crippen molar-refractivity contribution in [1.29, 1.82) is 0 Å². The van der Waals surface area contributed by atoms with E-state index < -0.39 is 5.97 Å². The van der Waals surface area contributed by atoms with E-state index in [1.165, 1.54) is 5.56 Å². The summed E-state index contributed by atoms with van der Waals surface area (Å²) < 4.78 is 0. The quantitative estimate of drug-likeness (QED) is 0.843. The van der Waals surface area contributed by atoms with E-state index in [2.05, 4.69) is 24.3 Å². The molecule has 92 valence electrons. The van der Waals surface area contributed by atoms with Gasteiger partial charge in [-0.15, -0.1) is 11.8 Å². The van der Waals surface area contributed by atoms with Crippen molar-refractivity contribution in [3.63, 3.8) is 0 Å². The van der Waals surface area contributed by atoms with E-state index in [-0.39, 0.29) is 0 Å². The summed E-state index contributed by atoms with van der Waals surface area (Å²) >= 11 is 1.65. The third-order valence-corrected chi connectivity index (χ3v) is 3.72. The monoisotopic (exact) mass is 258 g/mol. The minimum atomic E-state index is -0.866. The number of carboxylic acid groups (broad SMARTS) is 1. The van der Waals surface area contributed by atoms with Gasteiger partial charge in [0.15, 0.2) is 0 Å². The van der Waals surface area contributed by atoms with E-state index in [0.717, 1.165) is 10.5 Å². The fraction of sp³-hybridized carbons (Fsp3) is 0.133. The molecule has 3 heteroatoms. The Hall–Kier alpha value is -1.74. The molecule has 2 nitrogen and oxygen atoms in total. The summed E-state index contributed by atoms with van der Waals surface area (Å²) in [4.78, 5) is 12.2. The molecule has 0 saturated heterocycles. The maximum Gasteiger partial charge on any atom is 0.335 e. The number of rotatable bonds is 4. The highest BCUT2D eigenvalue weighted by atomic mass is 32.2. The minimum absolute atomic E-state index is 0.386. The van der Waals surface area contributed by atoms with Gasteiger partial charge in [0.1, 0.15) is 0 Å². The maximum atomic E-state index is 11.1. The average Bonchev–Trinajstić information content (AvgIpc) is 2.38. The van der Waals surface area contributed by atoms with Gasteiger partial charge in [0.05, 0.1) is 5.56 Å². The average molecular weight is 258 g/mol.